The fourth-order valence-corrected chi connectivity index (χ4v) is 5.57. The van der Waals surface area contributed by atoms with Gasteiger partial charge in [0.2, 0.25) is 5.75 Å². The molecule has 0 heterocycles. The number of ether oxygens (including phenoxy) is 2. The third-order valence-corrected chi connectivity index (χ3v) is 8.85. The van der Waals surface area contributed by atoms with Crippen LogP contribution in [-0.4, -0.2) is 42.4 Å². The van der Waals surface area contributed by atoms with Crippen LogP contribution in [0.2, 0.25) is 0 Å². The van der Waals surface area contributed by atoms with Crippen LogP contribution >= 0.6 is 0 Å². The van der Waals surface area contributed by atoms with Crippen molar-refractivity contribution in [1.82, 2.24) is 0 Å². The Balaban J connectivity index is 3.68. The monoisotopic (exact) mass is 501 g/mol. The van der Waals surface area contributed by atoms with Gasteiger partial charge in [0.25, 0.3) is 0 Å². The average molecular weight is 502 g/mol. The van der Waals surface area contributed by atoms with E-state index in [1.807, 2.05) is 0 Å². The van der Waals surface area contributed by atoms with Crippen molar-refractivity contribution in [3.8, 4) is 0 Å². The Morgan fingerprint density at radius 1 is 0.676 bits per heavy atom. The Hall–Kier alpha value is -0.710. The second-order valence-electron chi connectivity index (χ2n) is 9.71. The number of esters is 2. The van der Waals surface area contributed by atoms with Crippen LogP contribution in [0.3, 0.4) is 0 Å². The van der Waals surface area contributed by atoms with Crippen LogP contribution < -0.4 is 0 Å². The fraction of sp³-hybridized carbons (Fsp3) is 0.931. The maximum Gasteiger partial charge on any atom is 0.356 e. The minimum atomic E-state index is -0.118. The molecule has 4 nitrogen and oxygen atoms in total. The Morgan fingerprint density at radius 3 is 1.76 bits per heavy atom. The van der Waals surface area contributed by atoms with E-state index in [0.717, 1.165) is 37.2 Å². The molecule has 5 heteroatoms. The minimum Gasteiger partial charge on any atom is -0.466 e. The van der Waals surface area contributed by atoms with Gasteiger partial charge < -0.3 is 9.47 Å². The number of hydrogen-bond acceptors (Lipinski definition) is 4. The molecular formula is C29H57O4S+. The summed E-state index contributed by atoms with van der Waals surface area (Å²) in [6.07, 6.45) is 20.6. The Morgan fingerprint density at radius 2 is 1.24 bits per heavy atom. The van der Waals surface area contributed by atoms with E-state index in [1.54, 1.807) is 0 Å². The van der Waals surface area contributed by atoms with Crippen LogP contribution in [0.1, 0.15) is 137 Å². The lowest BCUT2D eigenvalue weighted by molar-refractivity contribution is -0.144. The summed E-state index contributed by atoms with van der Waals surface area (Å²) in [5.41, 5.74) is 0. The summed E-state index contributed by atoms with van der Waals surface area (Å²) in [4.78, 5) is 24.3. The molecule has 0 aliphatic carbocycles. The zero-order chi connectivity index (χ0) is 25.3. The first kappa shape index (κ1) is 33.3. The van der Waals surface area contributed by atoms with Crippen LogP contribution in [0.15, 0.2) is 0 Å². The molecule has 0 aliphatic rings. The van der Waals surface area contributed by atoms with E-state index in [0.29, 0.717) is 31.3 Å². The first-order valence-corrected chi connectivity index (χ1v) is 16.3. The summed E-state index contributed by atoms with van der Waals surface area (Å²) in [6.45, 7) is 9.78. The first-order valence-electron chi connectivity index (χ1n) is 14.5. The molecule has 202 valence electrons. The van der Waals surface area contributed by atoms with E-state index in [1.165, 1.54) is 77.0 Å². The Labute approximate surface area is 215 Å². The average Bonchev–Trinajstić information content (AvgIpc) is 2.84. The fourth-order valence-electron chi connectivity index (χ4n) is 4.06. The lowest BCUT2D eigenvalue weighted by atomic mass is 10.0. The molecule has 0 saturated heterocycles. The lowest BCUT2D eigenvalue weighted by Gasteiger charge is -2.14. The number of unbranched alkanes of at least 4 members (excludes halogenated alkanes) is 12. The zero-order valence-corrected chi connectivity index (χ0v) is 24.0. The van der Waals surface area contributed by atoms with Crippen molar-refractivity contribution in [3.05, 3.63) is 0 Å². The van der Waals surface area contributed by atoms with Crippen molar-refractivity contribution in [2.24, 2.45) is 5.92 Å². The van der Waals surface area contributed by atoms with Crippen molar-refractivity contribution in [2.45, 2.75) is 137 Å². The molecule has 0 N–H and O–H groups in total. The van der Waals surface area contributed by atoms with E-state index in [-0.39, 0.29) is 22.8 Å². The number of rotatable bonds is 25. The molecule has 0 fully saturated rings. The van der Waals surface area contributed by atoms with Gasteiger partial charge in [-0.25, -0.2) is 4.79 Å². The molecule has 0 rings (SSSR count). The van der Waals surface area contributed by atoms with Gasteiger partial charge in [-0.15, -0.1) is 0 Å². The van der Waals surface area contributed by atoms with Gasteiger partial charge in [-0.3, -0.25) is 4.79 Å². The van der Waals surface area contributed by atoms with Crippen LogP contribution in [-0.2, 0) is 30.0 Å². The third kappa shape index (κ3) is 21.8. The molecule has 0 aromatic heterocycles. The molecule has 0 aromatic carbocycles. The molecule has 0 radical (unpaired) electrons. The van der Waals surface area contributed by atoms with Crippen LogP contribution in [0.4, 0.5) is 0 Å². The Kier molecular flexibility index (Phi) is 24.9. The topological polar surface area (TPSA) is 52.6 Å². The van der Waals surface area contributed by atoms with Crippen molar-refractivity contribution < 1.29 is 19.1 Å². The largest absolute Gasteiger partial charge is 0.466 e. The second kappa shape index (κ2) is 25.4. The molecule has 2 atom stereocenters. The highest BCUT2D eigenvalue weighted by Gasteiger charge is 2.24. The molecule has 34 heavy (non-hydrogen) atoms. The smallest absolute Gasteiger partial charge is 0.356 e. The van der Waals surface area contributed by atoms with Gasteiger partial charge in [0.15, 0.2) is 0 Å². The molecular weight excluding hydrogens is 444 g/mol. The van der Waals surface area contributed by atoms with Crippen LogP contribution in [0, 0.1) is 5.92 Å². The minimum absolute atomic E-state index is 0.0970. The summed E-state index contributed by atoms with van der Waals surface area (Å²) >= 11 is 0. The van der Waals surface area contributed by atoms with Gasteiger partial charge in [-0.05, 0) is 36.6 Å². The highest BCUT2D eigenvalue weighted by molar-refractivity contribution is 7.97. The van der Waals surface area contributed by atoms with Crippen LogP contribution in [0.25, 0.3) is 0 Å². The van der Waals surface area contributed by atoms with Crippen molar-refractivity contribution in [2.75, 3.05) is 30.5 Å². The molecule has 0 bridgehead atoms. The SMILES string of the molecule is CCCCCCCCCCCCCCOC(=O)CC[S+](CC)CC(=O)OCC(CC)CCCC. The standard InChI is InChI=1S/C29H57O4S/c1-5-9-11-12-13-14-15-16-17-18-19-20-23-32-28(30)22-24-34(8-4)26-29(31)33-25-27(7-3)21-10-6-2/h27H,5-26H2,1-4H3/q+1. The van der Waals surface area contributed by atoms with Gasteiger partial charge in [-0.1, -0.05) is 111 Å². The van der Waals surface area contributed by atoms with Gasteiger partial charge in [0.1, 0.15) is 11.5 Å². The third-order valence-electron chi connectivity index (χ3n) is 6.61. The van der Waals surface area contributed by atoms with Gasteiger partial charge in [-0.2, -0.15) is 0 Å². The van der Waals surface area contributed by atoms with Crippen molar-refractivity contribution >= 4 is 22.8 Å². The second-order valence-corrected chi connectivity index (χ2v) is 12.2. The normalized spacial score (nSPS) is 12.9. The molecule has 0 aliphatic heterocycles. The molecule has 0 spiro atoms. The Bertz CT molecular complexity index is 469. The predicted octanol–water partition coefficient (Wildman–Crippen LogP) is 8.02. The molecule has 0 aromatic rings. The van der Waals surface area contributed by atoms with E-state index < -0.39 is 0 Å². The van der Waals surface area contributed by atoms with E-state index in [2.05, 4.69) is 27.7 Å². The van der Waals surface area contributed by atoms with E-state index in [4.69, 9.17) is 9.47 Å². The maximum atomic E-state index is 12.2. The van der Waals surface area contributed by atoms with E-state index in [9.17, 15) is 9.59 Å². The van der Waals surface area contributed by atoms with Crippen molar-refractivity contribution in [3.63, 3.8) is 0 Å². The summed E-state index contributed by atoms with van der Waals surface area (Å²) in [5, 5.41) is 0. The van der Waals surface area contributed by atoms with Gasteiger partial charge in [0, 0.05) is 0 Å². The molecule has 2 unspecified atom stereocenters. The quantitative estimate of drug-likeness (QED) is 0.0722. The summed E-state index contributed by atoms with van der Waals surface area (Å²) in [6, 6.07) is 0. The highest BCUT2D eigenvalue weighted by atomic mass is 32.2. The number of carbonyl (C=O) groups excluding carboxylic acids is 2. The molecule has 0 saturated carbocycles. The van der Waals surface area contributed by atoms with Crippen LogP contribution in [0.5, 0.6) is 0 Å². The first-order chi connectivity index (χ1) is 16.6. The highest BCUT2D eigenvalue weighted by Crippen LogP contribution is 2.14. The number of hydrogen-bond donors (Lipinski definition) is 0. The zero-order valence-electron chi connectivity index (χ0n) is 23.2. The van der Waals surface area contributed by atoms with E-state index >= 15 is 0 Å². The van der Waals surface area contributed by atoms with Gasteiger partial charge in [0.05, 0.1) is 19.6 Å². The molecule has 0 amide bonds. The summed E-state index contributed by atoms with van der Waals surface area (Å²) < 4.78 is 11.0. The predicted molar refractivity (Wildman–Crippen MR) is 149 cm³/mol. The van der Waals surface area contributed by atoms with Crippen molar-refractivity contribution in [1.29, 1.82) is 0 Å². The maximum absolute atomic E-state index is 12.2. The number of carbonyl (C=O) groups is 2. The summed E-state index contributed by atoms with van der Waals surface area (Å²) in [5.74, 6) is 2.33. The van der Waals surface area contributed by atoms with Gasteiger partial charge >= 0.3 is 11.9 Å². The summed E-state index contributed by atoms with van der Waals surface area (Å²) in [7, 11) is -0.0970. The lowest BCUT2D eigenvalue weighted by Crippen LogP contribution is -2.26.